The molecule has 0 saturated carbocycles. The number of nitrogens with zero attached hydrogens (tertiary/aromatic N) is 1. The van der Waals surface area contributed by atoms with E-state index in [-0.39, 0.29) is 18.1 Å². The van der Waals surface area contributed by atoms with Crippen LogP contribution in [0.5, 0.6) is 0 Å². The monoisotopic (exact) mass is 394 g/mol. The van der Waals surface area contributed by atoms with Crippen molar-refractivity contribution >= 4 is 35.3 Å². The van der Waals surface area contributed by atoms with Crippen LogP contribution in [-0.4, -0.2) is 62.7 Å². The highest BCUT2D eigenvalue weighted by Crippen LogP contribution is 2.21. The molecule has 3 unspecified atom stereocenters. The highest BCUT2D eigenvalue weighted by atomic mass is 32.2. The van der Waals surface area contributed by atoms with Gasteiger partial charge in [0.05, 0.1) is 18.4 Å². The normalized spacial score (nSPS) is 26.2. The van der Waals surface area contributed by atoms with Gasteiger partial charge in [0.2, 0.25) is 17.7 Å². The molecule has 2 aliphatic rings. The number of aromatic amines is 1. The van der Waals surface area contributed by atoms with Crippen LogP contribution in [0.1, 0.15) is 25.0 Å². The number of carbonyl (C=O) groups is 4. The molecule has 0 radical (unpaired) electrons. The Bertz CT molecular complexity index is 725. The summed E-state index contributed by atoms with van der Waals surface area (Å²) < 4.78 is 0. The molecule has 3 amide bonds. The first-order chi connectivity index (χ1) is 12.9. The van der Waals surface area contributed by atoms with Gasteiger partial charge in [-0.2, -0.15) is 0 Å². The highest BCUT2D eigenvalue weighted by Gasteiger charge is 2.37. The molecule has 3 heterocycles. The lowest BCUT2D eigenvalue weighted by molar-refractivity contribution is -0.133. The van der Waals surface area contributed by atoms with Crippen molar-refractivity contribution in [1.82, 2.24) is 25.9 Å². The molecule has 1 aromatic rings. The molecule has 4 atom stereocenters. The fraction of sp³-hybridized carbons (Fsp3) is 0.562. The lowest BCUT2D eigenvalue weighted by Gasteiger charge is -2.26. The van der Waals surface area contributed by atoms with Crippen molar-refractivity contribution in [3.8, 4) is 0 Å². The molecule has 0 aliphatic carbocycles. The van der Waals surface area contributed by atoms with Crippen LogP contribution in [0, 0.1) is 0 Å². The zero-order valence-corrected chi connectivity index (χ0v) is 15.4. The summed E-state index contributed by atoms with van der Waals surface area (Å²) in [5.74, 6) is -0.939. The molecule has 10 nitrogen and oxygen atoms in total. The number of rotatable bonds is 7. The van der Waals surface area contributed by atoms with Crippen molar-refractivity contribution in [3.05, 3.63) is 18.2 Å². The number of nitrogens with one attached hydrogen (secondary N) is 4. The summed E-state index contributed by atoms with van der Waals surface area (Å²) in [6.45, 7) is 0. The lowest BCUT2D eigenvalue weighted by atomic mass is 10.0. The van der Waals surface area contributed by atoms with E-state index in [2.05, 4.69) is 25.9 Å². The van der Waals surface area contributed by atoms with Gasteiger partial charge in [0.25, 0.3) is 0 Å². The predicted molar refractivity (Wildman–Crippen MR) is 97.4 cm³/mol. The zero-order chi connectivity index (χ0) is 19.4. The smallest absolute Gasteiger partial charge is 0.243 e. The Morgan fingerprint density at radius 3 is 2.81 bits per heavy atom. The molecule has 0 spiro atoms. The fourth-order valence-electron chi connectivity index (χ4n) is 3.10. The quantitative estimate of drug-likeness (QED) is 0.364. The first-order valence-corrected chi connectivity index (χ1v) is 9.76. The minimum absolute atomic E-state index is 0.171. The van der Waals surface area contributed by atoms with E-state index in [9.17, 15) is 19.2 Å². The van der Waals surface area contributed by atoms with Crippen molar-refractivity contribution in [2.45, 2.75) is 49.2 Å². The average Bonchev–Trinajstić information content (AvgIpc) is 3.32. The number of imidazole rings is 1. The van der Waals surface area contributed by atoms with E-state index < -0.39 is 35.3 Å². The van der Waals surface area contributed by atoms with Gasteiger partial charge in [-0.3, -0.25) is 24.5 Å². The van der Waals surface area contributed by atoms with Crippen LogP contribution in [0.3, 0.4) is 0 Å². The van der Waals surface area contributed by atoms with E-state index in [0.717, 1.165) is 0 Å². The first-order valence-electron chi connectivity index (χ1n) is 8.71. The van der Waals surface area contributed by atoms with Crippen LogP contribution in [0.25, 0.3) is 0 Å². The van der Waals surface area contributed by atoms with Crippen LogP contribution < -0.4 is 21.7 Å². The average molecular weight is 394 g/mol. The lowest BCUT2D eigenvalue weighted by Crippen LogP contribution is -2.56. The molecule has 2 saturated heterocycles. The molecule has 11 heteroatoms. The molecule has 1 aromatic heterocycles. The van der Waals surface area contributed by atoms with Gasteiger partial charge in [-0.15, -0.1) is 11.8 Å². The number of hydrogen-bond donors (Lipinski definition) is 5. The van der Waals surface area contributed by atoms with Crippen LogP contribution in [0.4, 0.5) is 0 Å². The van der Waals surface area contributed by atoms with E-state index >= 15 is 0 Å². The summed E-state index contributed by atoms with van der Waals surface area (Å²) in [5.41, 5.74) is 5.98. The molecule has 3 rings (SSSR count). The minimum atomic E-state index is -0.826. The maximum atomic E-state index is 13.0. The zero-order valence-electron chi connectivity index (χ0n) is 14.6. The van der Waals surface area contributed by atoms with E-state index in [4.69, 9.17) is 5.73 Å². The molecule has 0 aromatic carbocycles. The van der Waals surface area contributed by atoms with Gasteiger partial charge in [0, 0.05) is 30.5 Å². The summed E-state index contributed by atoms with van der Waals surface area (Å²) in [4.78, 5) is 55.2. The van der Waals surface area contributed by atoms with Crippen molar-refractivity contribution in [3.63, 3.8) is 0 Å². The predicted octanol–water partition coefficient (Wildman–Crippen LogP) is -1.81. The fourth-order valence-corrected chi connectivity index (χ4v) is 4.33. The molecule has 27 heavy (non-hydrogen) atoms. The minimum Gasteiger partial charge on any atom is -0.368 e. The van der Waals surface area contributed by atoms with Gasteiger partial charge in [-0.25, -0.2) is 4.98 Å². The van der Waals surface area contributed by atoms with Gasteiger partial charge >= 0.3 is 0 Å². The summed E-state index contributed by atoms with van der Waals surface area (Å²) in [6.07, 6.45) is 4.86. The Morgan fingerprint density at radius 1 is 1.37 bits per heavy atom. The molecular formula is C16H22N6O4S. The largest absolute Gasteiger partial charge is 0.368 e. The number of H-pyrrole nitrogens is 1. The molecular weight excluding hydrogens is 372 g/mol. The number of ketones is 1. The van der Waals surface area contributed by atoms with Gasteiger partial charge in [-0.1, -0.05) is 0 Å². The van der Waals surface area contributed by atoms with Gasteiger partial charge in [0.1, 0.15) is 11.4 Å². The van der Waals surface area contributed by atoms with Gasteiger partial charge < -0.3 is 21.4 Å². The van der Waals surface area contributed by atoms with Crippen LogP contribution in [-0.2, 0) is 25.6 Å². The van der Waals surface area contributed by atoms with Crippen LogP contribution in [0.2, 0.25) is 0 Å². The molecule has 0 bridgehead atoms. The number of aromatic nitrogens is 2. The molecule has 2 fully saturated rings. The summed E-state index contributed by atoms with van der Waals surface area (Å²) in [6, 6.07) is -2.05. The number of carbonyl (C=O) groups excluding carboxylic acids is 4. The Hall–Kier alpha value is -2.40. The van der Waals surface area contributed by atoms with E-state index in [1.54, 1.807) is 6.20 Å². The van der Waals surface area contributed by atoms with E-state index in [0.29, 0.717) is 30.7 Å². The summed E-state index contributed by atoms with van der Waals surface area (Å²) in [5, 5.41) is 7.65. The number of piperidine rings is 1. The number of hydrogen-bond acceptors (Lipinski definition) is 7. The topological polar surface area (TPSA) is 159 Å². The Kier molecular flexibility index (Phi) is 6.11. The number of thioether (sulfide) groups is 1. The third-order valence-electron chi connectivity index (χ3n) is 4.57. The van der Waals surface area contributed by atoms with Crippen molar-refractivity contribution < 1.29 is 19.2 Å². The highest BCUT2D eigenvalue weighted by molar-refractivity contribution is 8.00. The van der Waals surface area contributed by atoms with Crippen molar-refractivity contribution in [2.24, 2.45) is 5.73 Å². The number of primary amides is 1. The second kappa shape index (κ2) is 8.53. The molecule has 2 aliphatic heterocycles. The third-order valence-corrected chi connectivity index (χ3v) is 5.80. The maximum absolute atomic E-state index is 13.0. The third kappa shape index (κ3) is 4.86. The Balaban J connectivity index is 1.68. The molecule has 146 valence electrons. The van der Waals surface area contributed by atoms with Crippen molar-refractivity contribution in [1.29, 1.82) is 0 Å². The molecule has 6 N–H and O–H groups in total. The Morgan fingerprint density at radius 2 is 2.19 bits per heavy atom. The number of nitrogens with two attached hydrogens (primary N) is 1. The maximum Gasteiger partial charge on any atom is 0.243 e. The van der Waals surface area contributed by atoms with Crippen LogP contribution in [0.15, 0.2) is 12.5 Å². The second-order valence-electron chi connectivity index (χ2n) is 6.59. The Labute approximate surface area is 159 Å². The van der Waals surface area contributed by atoms with Crippen molar-refractivity contribution in [2.75, 3.05) is 5.75 Å². The number of amides is 3. The van der Waals surface area contributed by atoms with Crippen LogP contribution >= 0.6 is 11.8 Å². The van der Waals surface area contributed by atoms with Gasteiger partial charge in [-0.05, 0) is 12.8 Å². The van der Waals surface area contributed by atoms with E-state index in [1.807, 2.05) is 0 Å². The van der Waals surface area contributed by atoms with Gasteiger partial charge in [0.15, 0.2) is 5.78 Å². The number of Topliss-reactive ketones (excluding diaryl/α,β-unsaturated/α-hetero) is 1. The van der Waals surface area contributed by atoms with E-state index in [1.165, 1.54) is 18.1 Å². The first kappa shape index (κ1) is 19.4. The standard InChI is InChI=1S/C16H22N6O4S/c17-14(25)11-6-27-16(22-11)13(24)10(4-8-5-18-7-19-8)21-15(26)9-2-1-3-12(23)20-9/h5,7,9-11,16,22H,1-4,6H2,(H2,17,25)(H,18,19)(H,20,23)(H,21,26)/t9?,10-,11?,16?/m0/s1. The summed E-state index contributed by atoms with van der Waals surface area (Å²) in [7, 11) is 0. The SMILES string of the molecule is NC(=O)C1CSC(C(=O)[C@H](Cc2cnc[nH]2)NC(=O)C2CCCC(=O)N2)N1. The summed E-state index contributed by atoms with van der Waals surface area (Å²) >= 11 is 1.28. The second-order valence-corrected chi connectivity index (χ2v) is 7.73.